The lowest BCUT2D eigenvalue weighted by atomic mass is 9.67. The Hall–Kier alpha value is -2.31. The van der Waals surface area contributed by atoms with Crippen molar-refractivity contribution in [2.45, 2.75) is 43.9 Å². The van der Waals surface area contributed by atoms with Crippen molar-refractivity contribution in [3.05, 3.63) is 47.2 Å². The van der Waals surface area contributed by atoms with Crippen molar-refractivity contribution in [1.82, 2.24) is 4.98 Å². The predicted octanol–water partition coefficient (Wildman–Crippen LogP) is 3.91. The van der Waals surface area contributed by atoms with E-state index < -0.39 is 5.54 Å². The summed E-state index contributed by atoms with van der Waals surface area (Å²) in [5.41, 5.74) is 8.42. The smallest absolute Gasteiger partial charge is 0.283 e. The van der Waals surface area contributed by atoms with Crippen molar-refractivity contribution in [1.29, 1.82) is 0 Å². The lowest BCUT2D eigenvalue weighted by Crippen LogP contribution is -2.52. The third-order valence-corrected chi connectivity index (χ3v) is 6.47. The zero-order chi connectivity index (χ0) is 20.0. The number of amidine groups is 1. The minimum atomic E-state index is -0.555. The molecule has 1 aliphatic carbocycles. The molecule has 2 aliphatic heterocycles. The molecule has 29 heavy (non-hydrogen) atoms. The Balaban J connectivity index is 1.61. The van der Waals surface area contributed by atoms with E-state index in [4.69, 9.17) is 36.5 Å². The second-order valence-corrected chi connectivity index (χ2v) is 8.36. The number of aliphatic imine (C=N–C) groups is 1. The number of pyridine rings is 1. The molecule has 0 saturated heterocycles. The van der Waals surface area contributed by atoms with Crippen LogP contribution in [0.2, 0.25) is 5.02 Å². The summed E-state index contributed by atoms with van der Waals surface area (Å²) in [5, 5.41) is 0.601. The van der Waals surface area contributed by atoms with Gasteiger partial charge in [0.25, 0.3) is 6.02 Å². The van der Waals surface area contributed by atoms with Crippen LogP contribution in [0.25, 0.3) is 11.1 Å². The van der Waals surface area contributed by atoms with E-state index in [-0.39, 0.29) is 24.1 Å². The van der Waals surface area contributed by atoms with Crippen molar-refractivity contribution >= 4 is 17.6 Å². The number of hydrogen-bond acceptors (Lipinski definition) is 6. The average Bonchev–Trinajstić information content (AvgIpc) is 3.11. The van der Waals surface area contributed by atoms with Crippen LogP contribution >= 0.6 is 11.6 Å². The number of ether oxygens (including phenoxy) is 3. The molecule has 152 valence electrons. The highest BCUT2D eigenvalue weighted by atomic mass is 35.5. The molecular formula is C22H24ClN3O3. The summed E-state index contributed by atoms with van der Waals surface area (Å²) in [6.07, 6.45) is 6.53. The first-order valence-electron chi connectivity index (χ1n) is 10.1. The van der Waals surface area contributed by atoms with Gasteiger partial charge in [0.15, 0.2) is 0 Å². The Bertz CT molecular complexity index is 966. The van der Waals surface area contributed by atoms with Crippen LogP contribution in [0.4, 0.5) is 0 Å². The Kier molecular flexibility index (Phi) is 4.63. The van der Waals surface area contributed by atoms with Gasteiger partial charge in [0.05, 0.1) is 11.1 Å². The van der Waals surface area contributed by atoms with Gasteiger partial charge in [-0.3, -0.25) is 4.98 Å². The summed E-state index contributed by atoms with van der Waals surface area (Å²) < 4.78 is 18.1. The van der Waals surface area contributed by atoms with E-state index in [9.17, 15) is 0 Å². The monoisotopic (exact) mass is 413 g/mol. The molecule has 6 nitrogen and oxygen atoms in total. The van der Waals surface area contributed by atoms with Gasteiger partial charge >= 0.3 is 0 Å². The molecule has 3 heterocycles. The maximum absolute atomic E-state index is 6.44. The Labute approximate surface area is 175 Å². The molecule has 1 unspecified atom stereocenters. The van der Waals surface area contributed by atoms with Crippen LogP contribution in [0.15, 0.2) is 41.7 Å². The Morgan fingerprint density at radius 1 is 1.24 bits per heavy atom. The van der Waals surface area contributed by atoms with E-state index in [2.05, 4.69) is 11.1 Å². The van der Waals surface area contributed by atoms with Gasteiger partial charge in [-0.2, -0.15) is 0 Å². The minimum absolute atomic E-state index is 0.0798. The molecule has 4 atom stereocenters. The standard InChI is InChI=1S/C22H24ClN3O3/c1-2-27-16-4-6-20-18(9-16)22(12-28-21(24)26-22)17-8-13(3-5-19(17)29-20)14-7-15(23)11-25-10-14/h3,5,7-8,10-11,16,18,20H,2,4,6,9,12H2,1H3,(H2,24,26)/t16-,18-,20-,22?/m0/s1. The molecule has 1 saturated carbocycles. The third-order valence-electron chi connectivity index (χ3n) is 6.27. The predicted molar refractivity (Wildman–Crippen MR) is 111 cm³/mol. The zero-order valence-corrected chi connectivity index (χ0v) is 17.1. The van der Waals surface area contributed by atoms with Gasteiger partial charge in [-0.1, -0.05) is 17.7 Å². The summed E-state index contributed by atoms with van der Waals surface area (Å²) in [5.74, 6) is 0.996. The lowest BCUT2D eigenvalue weighted by Gasteiger charge is -2.47. The number of nitrogens with zero attached hydrogens (tertiary/aromatic N) is 2. The molecule has 0 radical (unpaired) electrons. The van der Waals surface area contributed by atoms with Crippen molar-refractivity contribution < 1.29 is 14.2 Å². The first-order valence-corrected chi connectivity index (χ1v) is 10.5. The molecule has 1 aromatic carbocycles. The highest BCUT2D eigenvalue weighted by molar-refractivity contribution is 6.30. The van der Waals surface area contributed by atoms with Crippen molar-refractivity contribution in [3.63, 3.8) is 0 Å². The summed E-state index contributed by atoms with van der Waals surface area (Å²) in [6.45, 7) is 3.17. The molecule has 2 aromatic rings. The van der Waals surface area contributed by atoms with E-state index in [0.717, 1.165) is 41.7 Å². The van der Waals surface area contributed by atoms with Crippen LogP contribution < -0.4 is 10.5 Å². The topological polar surface area (TPSA) is 79.0 Å². The molecule has 2 N–H and O–H groups in total. The second-order valence-electron chi connectivity index (χ2n) is 7.92. The molecule has 1 aromatic heterocycles. The maximum Gasteiger partial charge on any atom is 0.283 e. The zero-order valence-electron chi connectivity index (χ0n) is 16.3. The molecule has 3 aliphatic rings. The largest absolute Gasteiger partial charge is 0.490 e. The number of fused-ring (bicyclic) bond motifs is 4. The van der Waals surface area contributed by atoms with Gasteiger partial charge in [0.2, 0.25) is 0 Å². The molecule has 7 heteroatoms. The fourth-order valence-electron chi connectivity index (χ4n) is 4.99. The number of aromatic nitrogens is 1. The van der Waals surface area contributed by atoms with Crippen LogP contribution in [0.1, 0.15) is 31.7 Å². The lowest BCUT2D eigenvalue weighted by molar-refractivity contribution is -0.0595. The number of rotatable bonds is 3. The normalized spacial score (nSPS) is 30.1. The molecule has 5 rings (SSSR count). The van der Waals surface area contributed by atoms with Gasteiger partial charge in [0.1, 0.15) is 24.0 Å². The molecule has 0 amide bonds. The van der Waals surface area contributed by atoms with Gasteiger partial charge in [0, 0.05) is 36.0 Å². The summed E-state index contributed by atoms with van der Waals surface area (Å²) in [6, 6.07) is 8.32. The fourth-order valence-corrected chi connectivity index (χ4v) is 5.16. The van der Waals surface area contributed by atoms with E-state index in [1.165, 1.54) is 0 Å². The molecule has 0 bridgehead atoms. The minimum Gasteiger partial charge on any atom is -0.490 e. The van der Waals surface area contributed by atoms with Crippen LogP contribution in [0, 0.1) is 5.92 Å². The highest BCUT2D eigenvalue weighted by Gasteiger charge is 2.55. The van der Waals surface area contributed by atoms with E-state index >= 15 is 0 Å². The van der Waals surface area contributed by atoms with Crippen LogP contribution in [-0.4, -0.2) is 36.4 Å². The van der Waals surface area contributed by atoms with Gasteiger partial charge in [-0.25, -0.2) is 4.99 Å². The summed E-state index contributed by atoms with van der Waals surface area (Å²) >= 11 is 6.16. The van der Waals surface area contributed by atoms with E-state index in [1.807, 2.05) is 25.1 Å². The maximum atomic E-state index is 6.44. The average molecular weight is 414 g/mol. The van der Waals surface area contributed by atoms with Gasteiger partial charge < -0.3 is 19.9 Å². The molecule has 1 fully saturated rings. The van der Waals surface area contributed by atoms with Gasteiger partial charge in [-0.05, 0) is 49.9 Å². The van der Waals surface area contributed by atoms with E-state index in [0.29, 0.717) is 18.2 Å². The first kappa shape index (κ1) is 18.7. The van der Waals surface area contributed by atoms with E-state index in [1.54, 1.807) is 12.4 Å². The van der Waals surface area contributed by atoms with Crippen LogP contribution in [0.3, 0.4) is 0 Å². The van der Waals surface area contributed by atoms with Crippen molar-refractivity contribution in [2.75, 3.05) is 13.2 Å². The Morgan fingerprint density at radius 2 is 2.14 bits per heavy atom. The Morgan fingerprint density at radius 3 is 2.90 bits per heavy atom. The van der Waals surface area contributed by atoms with Gasteiger partial charge in [-0.15, -0.1) is 0 Å². The number of halogens is 1. The van der Waals surface area contributed by atoms with Crippen LogP contribution in [0.5, 0.6) is 5.75 Å². The third kappa shape index (κ3) is 3.15. The quantitative estimate of drug-likeness (QED) is 0.825. The summed E-state index contributed by atoms with van der Waals surface area (Å²) in [4.78, 5) is 9.06. The number of hydrogen-bond donors (Lipinski definition) is 1. The van der Waals surface area contributed by atoms with Crippen LogP contribution in [-0.2, 0) is 15.0 Å². The van der Waals surface area contributed by atoms with Crippen molar-refractivity contribution in [2.24, 2.45) is 16.6 Å². The second kappa shape index (κ2) is 7.18. The number of nitrogens with two attached hydrogens (primary N) is 1. The first-order chi connectivity index (χ1) is 14.1. The SMILES string of the molecule is CCO[C@H]1CC[C@@H]2Oc3ccc(-c4cncc(Cl)c4)cc3C3(COC(N)=N3)[C@H]2C1. The number of benzene rings is 1. The highest BCUT2D eigenvalue weighted by Crippen LogP contribution is 2.53. The summed E-state index contributed by atoms with van der Waals surface area (Å²) in [7, 11) is 0. The molecular weight excluding hydrogens is 390 g/mol. The molecule has 1 spiro atoms. The van der Waals surface area contributed by atoms with Crippen molar-refractivity contribution in [3.8, 4) is 16.9 Å². The fraction of sp³-hybridized carbons (Fsp3) is 0.455.